The van der Waals surface area contributed by atoms with Gasteiger partial charge in [-0.05, 0) is 6.07 Å². The van der Waals surface area contributed by atoms with Crippen LogP contribution in [0.5, 0.6) is 0 Å². The van der Waals surface area contributed by atoms with Gasteiger partial charge in [0, 0.05) is 6.07 Å². The van der Waals surface area contributed by atoms with E-state index in [1.165, 1.54) is 24.1 Å². The zero-order valence-corrected chi connectivity index (χ0v) is 10.3. The fraction of sp³-hybridized carbons (Fsp3) is 0.250. The third-order valence-electron chi connectivity index (χ3n) is 2.83. The Morgan fingerprint density at radius 1 is 1.26 bits per heavy atom. The minimum absolute atomic E-state index is 0.0646. The Hall–Kier alpha value is -2.59. The molecule has 0 bridgehead atoms. The molecule has 0 aliphatic carbocycles. The SMILES string of the molecule is CN(CCO)c1c(C#N)[n+]([O-])c2ccccc2[n+]1[O-]. The minimum Gasteiger partial charge on any atom is -0.710 e. The highest BCUT2D eigenvalue weighted by Gasteiger charge is 2.29. The second-order valence-electron chi connectivity index (χ2n) is 4.01. The second kappa shape index (κ2) is 4.96. The van der Waals surface area contributed by atoms with Crippen LogP contribution in [0.2, 0.25) is 0 Å². The van der Waals surface area contributed by atoms with Crippen molar-refractivity contribution in [1.82, 2.24) is 0 Å². The van der Waals surface area contributed by atoms with Crippen LogP contribution in [0.3, 0.4) is 0 Å². The summed E-state index contributed by atoms with van der Waals surface area (Å²) in [6.45, 7) is -0.0394. The van der Waals surface area contributed by atoms with E-state index in [9.17, 15) is 10.4 Å². The maximum absolute atomic E-state index is 12.3. The Kier molecular flexibility index (Phi) is 3.35. The van der Waals surface area contributed by atoms with Gasteiger partial charge >= 0.3 is 11.5 Å². The number of fused-ring (bicyclic) bond motifs is 1. The van der Waals surface area contributed by atoms with E-state index in [0.29, 0.717) is 9.46 Å². The van der Waals surface area contributed by atoms with Crippen LogP contribution in [0.25, 0.3) is 11.0 Å². The summed E-state index contributed by atoms with van der Waals surface area (Å²) in [5.41, 5.74) is 0.0242. The van der Waals surface area contributed by atoms with Crippen LogP contribution in [0.4, 0.5) is 5.82 Å². The number of rotatable bonds is 3. The summed E-state index contributed by atoms with van der Waals surface area (Å²) in [6.07, 6.45) is 0. The number of aliphatic hydroxyl groups is 1. The maximum atomic E-state index is 12.3. The highest BCUT2D eigenvalue weighted by molar-refractivity contribution is 5.69. The normalized spacial score (nSPS) is 10.4. The molecule has 2 rings (SSSR count). The fourth-order valence-electron chi connectivity index (χ4n) is 1.92. The Balaban J connectivity index is 2.83. The number of nitrogens with zero attached hydrogens (tertiary/aromatic N) is 4. The molecular formula is C12H12N4O3. The van der Waals surface area contributed by atoms with Gasteiger partial charge in [-0.15, -0.1) is 4.73 Å². The molecule has 7 heteroatoms. The Bertz CT molecular complexity index is 666. The third kappa shape index (κ3) is 1.98. The molecule has 0 saturated heterocycles. The van der Waals surface area contributed by atoms with Crippen molar-refractivity contribution in [2.24, 2.45) is 0 Å². The van der Waals surface area contributed by atoms with Crippen LogP contribution in [0.15, 0.2) is 24.3 Å². The molecule has 0 aliphatic heterocycles. The topological polar surface area (TPSA) is 101 Å². The predicted molar refractivity (Wildman–Crippen MR) is 66.9 cm³/mol. The number of benzene rings is 1. The first-order valence-electron chi connectivity index (χ1n) is 5.61. The van der Waals surface area contributed by atoms with Gasteiger partial charge < -0.3 is 15.5 Å². The second-order valence-corrected chi connectivity index (χ2v) is 4.01. The first kappa shape index (κ1) is 12.9. The fourth-order valence-corrected chi connectivity index (χ4v) is 1.92. The van der Waals surface area contributed by atoms with Crippen LogP contribution in [0, 0.1) is 21.7 Å². The smallest absolute Gasteiger partial charge is 0.385 e. The first-order valence-corrected chi connectivity index (χ1v) is 5.61. The van der Waals surface area contributed by atoms with E-state index < -0.39 is 0 Å². The van der Waals surface area contributed by atoms with E-state index in [1.54, 1.807) is 18.2 Å². The Labute approximate surface area is 109 Å². The summed E-state index contributed by atoms with van der Waals surface area (Å²) in [6, 6.07) is 7.99. The van der Waals surface area contributed by atoms with Crippen LogP contribution in [-0.2, 0) is 0 Å². The highest BCUT2D eigenvalue weighted by Crippen LogP contribution is 2.15. The molecular weight excluding hydrogens is 248 g/mol. The molecule has 0 fully saturated rings. The molecule has 98 valence electrons. The summed E-state index contributed by atoms with van der Waals surface area (Å²) in [7, 11) is 1.54. The third-order valence-corrected chi connectivity index (χ3v) is 2.83. The van der Waals surface area contributed by atoms with E-state index in [2.05, 4.69) is 0 Å². The standard InChI is InChI=1S/C12H12N4O3/c1-14(6-7-17)12-11(8-13)15(18)9-4-2-3-5-10(9)16(12)19/h2-5,17H,6-7H2,1H3. The maximum Gasteiger partial charge on any atom is 0.385 e. The van der Waals surface area contributed by atoms with Gasteiger partial charge in [-0.2, -0.15) is 5.26 Å². The van der Waals surface area contributed by atoms with Crippen molar-refractivity contribution in [3.05, 3.63) is 40.4 Å². The number of aliphatic hydroxyl groups excluding tert-OH is 1. The van der Waals surface area contributed by atoms with Crippen LogP contribution in [0.1, 0.15) is 5.69 Å². The average molecular weight is 260 g/mol. The molecule has 1 aromatic heterocycles. The van der Waals surface area contributed by atoms with Gasteiger partial charge in [0.15, 0.2) is 6.07 Å². The first-order chi connectivity index (χ1) is 9.11. The lowest BCUT2D eigenvalue weighted by Gasteiger charge is -2.18. The Morgan fingerprint density at radius 3 is 2.37 bits per heavy atom. The molecule has 19 heavy (non-hydrogen) atoms. The van der Waals surface area contributed by atoms with E-state index >= 15 is 0 Å². The van der Waals surface area contributed by atoms with Gasteiger partial charge in [0.1, 0.15) is 6.54 Å². The van der Waals surface area contributed by atoms with Crippen molar-refractivity contribution in [2.75, 3.05) is 25.1 Å². The molecule has 0 atom stereocenters. The van der Waals surface area contributed by atoms with Gasteiger partial charge in [0.05, 0.1) is 13.7 Å². The molecule has 1 heterocycles. The van der Waals surface area contributed by atoms with Crippen molar-refractivity contribution in [1.29, 1.82) is 5.26 Å². The van der Waals surface area contributed by atoms with Crippen LogP contribution >= 0.6 is 0 Å². The molecule has 0 amide bonds. The number of nitriles is 1. The number of aromatic nitrogens is 2. The molecule has 0 spiro atoms. The molecule has 2 aromatic rings. The Morgan fingerprint density at radius 2 is 1.84 bits per heavy atom. The van der Waals surface area contributed by atoms with E-state index in [-0.39, 0.29) is 35.7 Å². The van der Waals surface area contributed by atoms with Crippen molar-refractivity contribution >= 4 is 16.9 Å². The van der Waals surface area contributed by atoms with E-state index in [4.69, 9.17) is 10.4 Å². The van der Waals surface area contributed by atoms with Gasteiger partial charge in [-0.1, -0.05) is 12.1 Å². The zero-order valence-electron chi connectivity index (χ0n) is 10.3. The van der Waals surface area contributed by atoms with Crippen molar-refractivity contribution in [3.8, 4) is 6.07 Å². The molecule has 0 aliphatic rings. The van der Waals surface area contributed by atoms with Gasteiger partial charge in [-0.25, -0.2) is 4.73 Å². The van der Waals surface area contributed by atoms with Crippen LogP contribution < -0.4 is 14.4 Å². The number of likely N-dealkylation sites (N-methyl/N-ethyl adjacent to an activating group) is 1. The lowest BCUT2D eigenvalue weighted by atomic mass is 10.2. The largest absolute Gasteiger partial charge is 0.710 e. The van der Waals surface area contributed by atoms with Crippen molar-refractivity contribution in [2.45, 2.75) is 0 Å². The lowest BCUT2D eigenvalue weighted by molar-refractivity contribution is -0.621. The van der Waals surface area contributed by atoms with Crippen LogP contribution in [-0.4, -0.2) is 25.3 Å². The average Bonchev–Trinajstić information content (AvgIpc) is 2.42. The summed E-state index contributed by atoms with van der Waals surface area (Å²) < 4.78 is 0.977. The summed E-state index contributed by atoms with van der Waals surface area (Å²) in [5.74, 6) is -0.0646. The lowest BCUT2D eigenvalue weighted by Crippen LogP contribution is -2.47. The summed E-state index contributed by atoms with van der Waals surface area (Å²) in [4.78, 5) is 1.38. The number of hydrogen-bond donors (Lipinski definition) is 1. The van der Waals surface area contributed by atoms with Crippen molar-refractivity contribution < 1.29 is 14.6 Å². The molecule has 1 N–H and O–H groups in total. The summed E-state index contributed by atoms with van der Waals surface area (Å²) in [5, 5.41) is 42.4. The number of para-hydroxylation sites is 2. The molecule has 1 aromatic carbocycles. The van der Waals surface area contributed by atoms with E-state index in [0.717, 1.165) is 0 Å². The molecule has 0 saturated carbocycles. The van der Waals surface area contributed by atoms with Gasteiger partial charge in [-0.3, -0.25) is 4.90 Å². The number of hydrogen-bond acceptors (Lipinski definition) is 5. The van der Waals surface area contributed by atoms with E-state index in [1.807, 2.05) is 0 Å². The van der Waals surface area contributed by atoms with Gasteiger partial charge in [0.25, 0.3) is 5.52 Å². The zero-order chi connectivity index (χ0) is 14.0. The van der Waals surface area contributed by atoms with Crippen molar-refractivity contribution in [3.63, 3.8) is 0 Å². The quantitative estimate of drug-likeness (QED) is 0.587. The van der Waals surface area contributed by atoms with Gasteiger partial charge in [0.2, 0.25) is 5.52 Å². The molecule has 7 nitrogen and oxygen atoms in total. The minimum atomic E-state index is -0.287. The molecule has 0 radical (unpaired) electrons. The highest BCUT2D eigenvalue weighted by atomic mass is 16.5. The monoisotopic (exact) mass is 260 g/mol. The number of anilines is 1. The molecule has 0 unspecified atom stereocenters. The predicted octanol–water partition coefficient (Wildman–Crippen LogP) is -0.593. The summed E-state index contributed by atoms with van der Waals surface area (Å²) >= 11 is 0.